The molecule has 1 atom stereocenters. The van der Waals surface area contributed by atoms with Crippen molar-refractivity contribution in [3.8, 4) is 17.1 Å². The van der Waals surface area contributed by atoms with E-state index in [1.807, 2.05) is 50.8 Å². The van der Waals surface area contributed by atoms with Crippen LogP contribution in [-0.2, 0) is 10.0 Å². The highest BCUT2D eigenvalue weighted by Crippen LogP contribution is 2.62. The summed E-state index contributed by atoms with van der Waals surface area (Å²) < 4.78 is 36.3. The molecule has 1 spiro atoms. The number of hydrogen-bond acceptors (Lipinski definition) is 7. The molecule has 46 heavy (non-hydrogen) atoms. The second kappa shape index (κ2) is 11.3. The van der Waals surface area contributed by atoms with Gasteiger partial charge in [0.25, 0.3) is 15.9 Å². The summed E-state index contributed by atoms with van der Waals surface area (Å²) in [5.41, 5.74) is 3.02. The van der Waals surface area contributed by atoms with Crippen LogP contribution in [0.5, 0.6) is 5.88 Å². The molecule has 2 N–H and O–H groups in total. The van der Waals surface area contributed by atoms with Gasteiger partial charge in [-0.25, -0.2) is 18.1 Å². The molecule has 1 aliphatic heterocycles. The molecule has 10 heteroatoms. The van der Waals surface area contributed by atoms with Gasteiger partial charge in [0.1, 0.15) is 6.61 Å². The van der Waals surface area contributed by atoms with Crippen LogP contribution in [0.1, 0.15) is 88.2 Å². The van der Waals surface area contributed by atoms with E-state index in [1.165, 1.54) is 12.1 Å². The maximum Gasteiger partial charge on any atom is 0.264 e. The fraction of sp³-hybridized carbons (Fsp3) is 0.528. The number of fused-ring (bicyclic) bond motifs is 4. The van der Waals surface area contributed by atoms with Crippen molar-refractivity contribution in [1.82, 2.24) is 14.9 Å². The largest absolute Gasteiger partial charge is 0.475 e. The lowest BCUT2D eigenvalue weighted by molar-refractivity contribution is -0.147. The van der Waals surface area contributed by atoms with Gasteiger partial charge in [0, 0.05) is 23.2 Å². The number of carbonyl (C=O) groups is 1. The molecule has 9 nitrogen and oxygen atoms in total. The van der Waals surface area contributed by atoms with Crippen LogP contribution in [0, 0.1) is 30.6 Å². The van der Waals surface area contributed by atoms with Crippen LogP contribution in [0.4, 0.5) is 5.95 Å². The Morgan fingerprint density at radius 3 is 2.26 bits per heavy atom. The van der Waals surface area contributed by atoms with Gasteiger partial charge in [-0.05, 0) is 106 Å². The van der Waals surface area contributed by atoms with Crippen molar-refractivity contribution in [2.75, 3.05) is 11.3 Å². The van der Waals surface area contributed by atoms with Crippen molar-refractivity contribution < 1.29 is 23.1 Å². The average molecular weight is 647 g/mol. The monoisotopic (exact) mass is 646 g/mol. The first kappa shape index (κ1) is 32.4. The quantitative estimate of drug-likeness (QED) is 0.331. The Bertz CT molecular complexity index is 1740. The van der Waals surface area contributed by atoms with Gasteiger partial charge in [-0.15, -0.1) is 0 Å². The van der Waals surface area contributed by atoms with Gasteiger partial charge < -0.3 is 14.7 Å². The lowest BCUT2D eigenvalue weighted by Gasteiger charge is -2.62. The molecule has 0 radical (unpaired) electrons. The Kier molecular flexibility index (Phi) is 7.99. The third-order valence-corrected chi connectivity index (χ3v) is 11.4. The minimum Gasteiger partial charge on any atom is -0.475 e. The molecule has 2 heterocycles. The maximum atomic E-state index is 14.5. The van der Waals surface area contributed by atoms with Crippen molar-refractivity contribution in [3.05, 3.63) is 65.2 Å². The van der Waals surface area contributed by atoms with Crippen molar-refractivity contribution in [3.63, 3.8) is 0 Å². The third kappa shape index (κ3) is 6.38. The van der Waals surface area contributed by atoms with Gasteiger partial charge in [0.15, 0.2) is 0 Å². The second-order valence-electron chi connectivity index (χ2n) is 15.6. The highest BCUT2D eigenvalue weighted by molar-refractivity contribution is 7.92. The number of ether oxygens (including phenoxy) is 1. The number of aliphatic hydroxyl groups is 1. The molecule has 2 fully saturated rings. The van der Waals surface area contributed by atoms with E-state index < -0.39 is 15.6 Å². The summed E-state index contributed by atoms with van der Waals surface area (Å²) in [7, 11) is -4.13. The number of rotatable bonds is 4. The summed E-state index contributed by atoms with van der Waals surface area (Å²) in [6, 6.07) is 13.6. The zero-order chi connectivity index (χ0) is 33.2. The number of aromatic nitrogens is 2. The van der Waals surface area contributed by atoms with Crippen LogP contribution in [0.2, 0.25) is 0 Å². The van der Waals surface area contributed by atoms with Crippen LogP contribution < -0.4 is 9.46 Å². The standard InChI is InChI=1S/C36H46N4O5S/c1-22-10-8-11-23(2)31(22)29-15-30-38-33(37-29)39-46(43,44)28-13-9-12-24(14-28)32(41)40(27(21-45-30)18-34(3,4)5)26-19-36(20-26)16-25(17-36)35(6,7)42/h8-15,25-27,42H,16-21H2,1-7H3,(H,37,38,39)/t25?,26?,27-,36?/m1/s1. The molecule has 1 aromatic heterocycles. The fourth-order valence-corrected chi connectivity index (χ4v) is 8.72. The molecular weight excluding hydrogens is 600 g/mol. The number of carbonyl (C=O) groups excluding carboxylic acids is 1. The molecule has 1 amide bonds. The van der Waals surface area contributed by atoms with E-state index in [0.29, 0.717) is 17.7 Å². The summed E-state index contributed by atoms with van der Waals surface area (Å²) in [6.45, 7) is 14.4. The number of amides is 1. The van der Waals surface area contributed by atoms with E-state index in [4.69, 9.17) is 4.74 Å². The topological polar surface area (TPSA) is 122 Å². The number of aryl methyl sites for hydroxylation is 2. The Morgan fingerprint density at radius 1 is 0.978 bits per heavy atom. The molecule has 3 aliphatic rings. The molecule has 246 valence electrons. The van der Waals surface area contributed by atoms with Gasteiger partial charge in [-0.1, -0.05) is 45.0 Å². The molecule has 3 aromatic rings. The van der Waals surface area contributed by atoms with Crippen molar-refractivity contribution in [2.24, 2.45) is 16.7 Å². The zero-order valence-electron chi connectivity index (χ0n) is 27.9. The van der Waals surface area contributed by atoms with Crippen molar-refractivity contribution >= 4 is 21.9 Å². The van der Waals surface area contributed by atoms with E-state index in [2.05, 4.69) is 35.5 Å². The summed E-state index contributed by atoms with van der Waals surface area (Å²) >= 11 is 0. The number of hydrogen-bond donors (Lipinski definition) is 2. The molecule has 0 unspecified atom stereocenters. The van der Waals surface area contributed by atoms with Crippen LogP contribution >= 0.6 is 0 Å². The lowest BCUT2D eigenvalue weighted by atomic mass is 9.47. The molecule has 2 saturated carbocycles. The molecule has 6 rings (SSSR count). The highest BCUT2D eigenvalue weighted by atomic mass is 32.2. The smallest absolute Gasteiger partial charge is 0.264 e. The van der Waals surface area contributed by atoms with Gasteiger partial charge in [0.05, 0.1) is 22.2 Å². The fourth-order valence-electron chi connectivity index (χ4n) is 7.73. The van der Waals surface area contributed by atoms with E-state index in [0.717, 1.165) is 42.4 Å². The van der Waals surface area contributed by atoms with Crippen LogP contribution in [0.3, 0.4) is 0 Å². The molecule has 2 aliphatic carbocycles. The normalized spacial score (nSPS) is 26.0. The number of sulfonamides is 1. The molecular formula is C36H46N4O5S. The maximum absolute atomic E-state index is 14.5. The Morgan fingerprint density at radius 2 is 1.63 bits per heavy atom. The van der Waals surface area contributed by atoms with E-state index in [9.17, 15) is 18.3 Å². The SMILES string of the molecule is Cc1cccc(C)c1-c1cc2nc(n1)NS(=O)(=O)c1cccc(c1)C(=O)N(C1CC3(C1)CC(C(C)(C)O)C3)[C@H](CC(C)(C)C)CO2. The summed E-state index contributed by atoms with van der Waals surface area (Å²) in [5.74, 6) is 0.184. The number of nitrogens with one attached hydrogen (secondary N) is 1. The van der Waals surface area contributed by atoms with E-state index in [-0.39, 0.29) is 58.1 Å². The molecule has 0 saturated heterocycles. The third-order valence-electron chi connectivity index (χ3n) is 10.0. The van der Waals surface area contributed by atoms with Crippen molar-refractivity contribution in [1.29, 1.82) is 0 Å². The van der Waals surface area contributed by atoms with Crippen LogP contribution in [-0.4, -0.2) is 58.6 Å². The van der Waals surface area contributed by atoms with E-state index >= 15 is 0 Å². The average Bonchev–Trinajstić information content (AvgIpc) is 2.89. The van der Waals surface area contributed by atoms with Gasteiger partial charge >= 0.3 is 0 Å². The number of nitrogens with zero attached hydrogens (tertiary/aromatic N) is 3. The van der Waals surface area contributed by atoms with Crippen LogP contribution in [0.15, 0.2) is 53.4 Å². The second-order valence-corrected chi connectivity index (χ2v) is 17.3. The predicted molar refractivity (Wildman–Crippen MR) is 178 cm³/mol. The van der Waals surface area contributed by atoms with E-state index in [1.54, 1.807) is 18.2 Å². The summed E-state index contributed by atoms with van der Waals surface area (Å²) in [4.78, 5) is 25.5. The minimum absolute atomic E-state index is 0.0270. The van der Waals surface area contributed by atoms with Gasteiger partial charge in [0.2, 0.25) is 11.8 Å². The predicted octanol–water partition coefficient (Wildman–Crippen LogP) is 6.53. The first-order chi connectivity index (χ1) is 21.4. The van der Waals surface area contributed by atoms with Crippen molar-refractivity contribution in [2.45, 2.75) is 103 Å². The van der Waals surface area contributed by atoms with Gasteiger partial charge in [-0.3, -0.25) is 4.79 Å². The number of benzene rings is 2. The number of anilines is 1. The summed E-state index contributed by atoms with van der Waals surface area (Å²) in [5, 5.41) is 10.6. The highest BCUT2D eigenvalue weighted by Gasteiger charge is 2.58. The molecule has 2 aromatic carbocycles. The van der Waals surface area contributed by atoms with Crippen LogP contribution in [0.25, 0.3) is 11.3 Å². The Balaban J connectivity index is 1.43. The lowest BCUT2D eigenvalue weighted by Crippen LogP contribution is -2.63. The molecule has 4 bridgehead atoms. The summed E-state index contributed by atoms with van der Waals surface area (Å²) in [6.07, 6.45) is 4.26. The van der Waals surface area contributed by atoms with Gasteiger partial charge in [-0.2, -0.15) is 4.98 Å². The zero-order valence-corrected chi connectivity index (χ0v) is 28.7. The minimum atomic E-state index is -4.13. The Hall–Kier alpha value is -3.50. The first-order valence-electron chi connectivity index (χ1n) is 16.2. The first-order valence-corrected chi connectivity index (χ1v) is 17.7. The Labute approximate surface area is 272 Å².